The molecule has 44 valence electrons. The number of rotatable bonds is 1. The van der Waals surface area contributed by atoms with E-state index in [4.69, 9.17) is 0 Å². The average molecular weight is 124 g/mol. The van der Waals surface area contributed by atoms with E-state index in [0.29, 0.717) is 0 Å². The summed E-state index contributed by atoms with van der Waals surface area (Å²) in [6, 6.07) is 0. The molecule has 0 nitrogen and oxygen atoms in total. The van der Waals surface area contributed by atoms with Crippen LogP contribution in [0.3, 0.4) is 0 Å². The van der Waals surface area contributed by atoms with Crippen molar-refractivity contribution in [2.75, 3.05) is 0 Å². The second-order valence-corrected chi connectivity index (χ2v) is 6.19. The van der Waals surface area contributed by atoms with Gasteiger partial charge in [0.2, 0.25) is 0 Å². The largest absolute Gasteiger partial charge is 0.270 e. The van der Waals surface area contributed by atoms with Crippen LogP contribution < -0.4 is 0 Å². The summed E-state index contributed by atoms with van der Waals surface area (Å²) in [4.78, 5) is 0. The molecule has 0 aromatic rings. The van der Waals surface area contributed by atoms with Crippen LogP contribution in [0.2, 0.25) is 15.8 Å². The lowest BCUT2D eigenvalue weighted by Crippen LogP contribution is -2.02. The summed E-state index contributed by atoms with van der Waals surface area (Å²) < 4.78 is 0. The Balaban J connectivity index is 2.32. The Morgan fingerprint density at radius 1 is 1.75 bits per heavy atom. The zero-order valence-corrected chi connectivity index (χ0v) is 6.93. The third-order valence-electron chi connectivity index (χ3n) is 1.99. The number of allylic oxidation sites excluding steroid dienone is 2. The Hall–Kier alpha value is 0.272. The highest BCUT2D eigenvalue weighted by Gasteiger charge is 2.17. The van der Waals surface area contributed by atoms with E-state index in [9.17, 15) is 0 Å². The van der Waals surface area contributed by atoms with Gasteiger partial charge in [0, 0.05) is 0 Å². The van der Waals surface area contributed by atoms with Crippen LogP contribution in [0, 0.1) is 0 Å². The molecule has 0 bridgehead atoms. The fourth-order valence-electron chi connectivity index (χ4n) is 1.30. The van der Waals surface area contributed by atoms with Crippen LogP contribution in [-0.2, 0) is 0 Å². The van der Waals surface area contributed by atoms with Gasteiger partial charge in [-0.25, -0.2) is 0 Å². The van der Waals surface area contributed by atoms with Crippen LogP contribution in [0.1, 0.15) is 13.8 Å². The highest BCUT2D eigenvalue weighted by molar-refractivity contribution is 6.60. The third kappa shape index (κ3) is 1.37. The lowest BCUT2D eigenvalue weighted by atomic mass is 10.3. The average Bonchev–Trinajstić information content (AvgIpc) is 2.14. The van der Waals surface area contributed by atoms with E-state index in [-0.39, 0.29) is 14.1 Å². The summed E-state index contributed by atoms with van der Waals surface area (Å²) in [5.74, 6) is 0. The molecule has 0 fully saturated rings. The molecule has 0 amide bonds. The molecule has 8 heavy (non-hydrogen) atoms. The maximum absolute atomic E-state index is 2.43. The van der Waals surface area contributed by atoms with Crippen LogP contribution in [0.5, 0.6) is 0 Å². The molecule has 0 saturated heterocycles. The van der Waals surface area contributed by atoms with E-state index in [1.54, 1.807) is 5.57 Å². The van der Waals surface area contributed by atoms with Crippen molar-refractivity contribution in [2.45, 2.75) is 29.7 Å². The molecule has 0 aromatic heterocycles. The lowest BCUT2D eigenvalue weighted by molar-refractivity contribution is 1.34. The Kier molecular flexibility index (Phi) is 2.17. The minimum absolute atomic E-state index is 0.211. The Morgan fingerprint density at radius 2 is 2.50 bits per heavy atom. The SMILES string of the molecule is C[CH2][Al]1[CH2]C=C(C)[CH2]1. The van der Waals surface area contributed by atoms with Crippen molar-refractivity contribution in [3.05, 3.63) is 11.6 Å². The van der Waals surface area contributed by atoms with E-state index in [0.717, 1.165) is 0 Å². The summed E-state index contributed by atoms with van der Waals surface area (Å²) in [5.41, 5.74) is 1.66. The molecule has 0 aromatic carbocycles. The Labute approximate surface area is 56.0 Å². The van der Waals surface area contributed by atoms with Crippen LogP contribution >= 0.6 is 0 Å². The van der Waals surface area contributed by atoms with E-state index in [2.05, 4.69) is 19.9 Å². The summed E-state index contributed by atoms with van der Waals surface area (Å²) in [6.07, 6.45) is 2.43. The van der Waals surface area contributed by atoms with Crippen LogP contribution in [-0.4, -0.2) is 14.1 Å². The van der Waals surface area contributed by atoms with E-state index in [1.165, 1.54) is 15.8 Å². The van der Waals surface area contributed by atoms with Gasteiger partial charge in [0.1, 0.15) is 0 Å². The second-order valence-electron chi connectivity index (χ2n) is 2.76. The maximum atomic E-state index is 2.43. The first-order valence-electron chi connectivity index (χ1n) is 3.48. The van der Waals surface area contributed by atoms with E-state index < -0.39 is 0 Å². The summed E-state index contributed by atoms with van der Waals surface area (Å²) in [7, 11) is 0. The molecule has 0 saturated carbocycles. The predicted octanol–water partition coefficient (Wildman–Crippen LogP) is 2.46. The van der Waals surface area contributed by atoms with Crippen molar-refractivity contribution in [3.8, 4) is 0 Å². The fourth-order valence-corrected chi connectivity index (χ4v) is 3.90. The molecule has 1 aliphatic rings. The monoisotopic (exact) mass is 124 g/mol. The van der Waals surface area contributed by atoms with E-state index in [1.807, 2.05) is 0 Å². The van der Waals surface area contributed by atoms with Gasteiger partial charge in [0.25, 0.3) is 14.1 Å². The summed E-state index contributed by atoms with van der Waals surface area (Å²) in [5, 5.41) is 4.46. The minimum atomic E-state index is -0.211. The van der Waals surface area contributed by atoms with Gasteiger partial charge in [-0.05, 0) is 6.92 Å². The van der Waals surface area contributed by atoms with Crippen molar-refractivity contribution in [3.63, 3.8) is 0 Å². The van der Waals surface area contributed by atoms with Gasteiger partial charge in [0.15, 0.2) is 0 Å². The van der Waals surface area contributed by atoms with Crippen molar-refractivity contribution in [2.24, 2.45) is 0 Å². The molecule has 1 heterocycles. The molecular formula is C7H13Al. The molecule has 1 heteroatoms. The standard InChI is InChI=1S/C5H8.C2H5.Al/c1-4-5(2)3;1-2;/h4H,1-2H2,3H3;1H2,2H3;. The van der Waals surface area contributed by atoms with Gasteiger partial charge in [-0.2, -0.15) is 0 Å². The number of hydrogen-bond acceptors (Lipinski definition) is 0. The minimum Gasteiger partial charge on any atom is -0.0998 e. The highest BCUT2D eigenvalue weighted by atomic mass is 27.2. The maximum Gasteiger partial charge on any atom is 0.270 e. The molecule has 0 spiro atoms. The van der Waals surface area contributed by atoms with Gasteiger partial charge < -0.3 is 0 Å². The van der Waals surface area contributed by atoms with E-state index >= 15 is 0 Å². The molecule has 0 radical (unpaired) electrons. The normalized spacial score (nSPS) is 19.2. The summed E-state index contributed by atoms with van der Waals surface area (Å²) in [6.45, 7) is 4.60. The number of hydrogen-bond donors (Lipinski definition) is 0. The first-order valence-corrected chi connectivity index (χ1v) is 5.93. The zero-order valence-electron chi connectivity index (χ0n) is 5.78. The third-order valence-corrected chi connectivity index (χ3v) is 5.27. The second kappa shape index (κ2) is 2.71. The fraction of sp³-hybridized carbons (Fsp3) is 0.714. The molecule has 1 rings (SSSR count). The van der Waals surface area contributed by atoms with Gasteiger partial charge in [0.05, 0.1) is 0 Å². The molecule has 0 atom stereocenters. The molecular weight excluding hydrogens is 111 g/mol. The Bertz CT molecular complexity index is 105. The quantitative estimate of drug-likeness (QED) is 0.372. The van der Waals surface area contributed by atoms with Crippen LogP contribution in [0.25, 0.3) is 0 Å². The first-order chi connectivity index (χ1) is 3.83. The predicted molar refractivity (Wildman–Crippen MR) is 39.6 cm³/mol. The summed E-state index contributed by atoms with van der Waals surface area (Å²) >= 11 is -0.211. The van der Waals surface area contributed by atoms with Crippen LogP contribution in [0.15, 0.2) is 11.6 Å². The zero-order chi connectivity index (χ0) is 5.98. The molecule has 1 aliphatic heterocycles. The highest BCUT2D eigenvalue weighted by Crippen LogP contribution is 2.20. The van der Waals surface area contributed by atoms with Crippen LogP contribution in [0.4, 0.5) is 0 Å². The van der Waals surface area contributed by atoms with Crippen molar-refractivity contribution >= 4 is 14.1 Å². The smallest absolute Gasteiger partial charge is 0.0998 e. The topological polar surface area (TPSA) is 0 Å². The van der Waals surface area contributed by atoms with Gasteiger partial charge in [-0.15, -0.1) is 0 Å². The molecule has 0 N–H and O–H groups in total. The first kappa shape index (κ1) is 6.39. The Morgan fingerprint density at radius 3 is 2.75 bits per heavy atom. The van der Waals surface area contributed by atoms with Gasteiger partial charge in [-0.1, -0.05) is 34.4 Å². The molecule has 0 aliphatic carbocycles. The molecule has 0 unspecified atom stereocenters. The van der Waals surface area contributed by atoms with Gasteiger partial charge >= 0.3 is 0 Å². The van der Waals surface area contributed by atoms with Crippen molar-refractivity contribution in [1.29, 1.82) is 0 Å². The lowest BCUT2D eigenvalue weighted by Gasteiger charge is -1.94. The van der Waals surface area contributed by atoms with Crippen molar-refractivity contribution < 1.29 is 0 Å². The van der Waals surface area contributed by atoms with Gasteiger partial charge in [-0.3, -0.25) is 0 Å². The van der Waals surface area contributed by atoms with Crippen molar-refractivity contribution in [1.82, 2.24) is 0 Å².